The van der Waals surface area contributed by atoms with Crippen LogP contribution in [0.25, 0.3) is 0 Å². The second kappa shape index (κ2) is 4.10. The Morgan fingerprint density at radius 1 is 1.50 bits per heavy atom. The highest BCUT2D eigenvalue weighted by Gasteiger charge is 2.14. The third kappa shape index (κ3) is 2.74. The first kappa shape index (κ1) is 10.5. The van der Waals surface area contributed by atoms with Gasteiger partial charge in [-0.1, -0.05) is 6.92 Å². The lowest BCUT2D eigenvalue weighted by Gasteiger charge is -2.24. The van der Waals surface area contributed by atoms with E-state index in [9.17, 15) is 0 Å². The Labute approximate surface area is 84.8 Å². The first-order chi connectivity index (χ1) is 6.57. The summed E-state index contributed by atoms with van der Waals surface area (Å²) in [6.45, 7) is 6.36. The smallest absolute Gasteiger partial charge is 0.126 e. The van der Waals surface area contributed by atoms with Crippen molar-refractivity contribution in [3.63, 3.8) is 0 Å². The second-order valence-electron chi connectivity index (χ2n) is 3.91. The van der Waals surface area contributed by atoms with Gasteiger partial charge in [-0.25, -0.2) is 4.98 Å². The molecule has 1 aromatic heterocycles. The van der Waals surface area contributed by atoms with E-state index in [4.69, 9.17) is 5.26 Å². The van der Waals surface area contributed by atoms with Gasteiger partial charge >= 0.3 is 0 Å². The summed E-state index contributed by atoms with van der Waals surface area (Å²) >= 11 is 0. The van der Waals surface area contributed by atoms with Crippen molar-refractivity contribution in [3.05, 3.63) is 23.9 Å². The maximum absolute atomic E-state index is 8.60. The maximum Gasteiger partial charge on any atom is 0.126 e. The van der Waals surface area contributed by atoms with Crippen LogP contribution in [-0.4, -0.2) is 10.5 Å². The molecule has 1 rings (SSSR count). The van der Waals surface area contributed by atoms with Gasteiger partial charge in [-0.05, 0) is 32.4 Å². The second-order valence-corrected chi connectivity index (χ2v) is 3.91. The minimum absolute atomic E-state index is 0.0428. The third-order valence-corrected chi connectivity index (χ3v) is 2.24. The highest BCUT2D eigenvalue weighted by Crippen LogP contribution is 2.15. The molecule has 0 saturated carbocycles. The zero-order valence-electron chi connectivity index (χ0n) is 8.83. The van der Waals surface area contributed by atoms with E-state index >= 15 is 0 Å². The lowest BCUT2D eigenvalue weighted by atomic mass is 10.0. The molecule has 0 saturated heterocycles. The van der Waals surface area contributed by atoms with Crippen LogP contribution in [0.3, 0.4) is 0 Å². The predicted octanol–water partition coefficient (Wildman–Crippen LogP) is 2.55. The van der Waals surface area contributed by atoms with E-state index in [1.807, 2.05) is 12.1 Å². The van der Waals surface area contributed by atoms with Crippen LogP contribution in [0.15, 0.2) is 18.3 Å². The molecular formula is C11H15N3. The number of anilines is 1. The molecule has 0 aromatic carbocycles. The topological polar surface area (TPSA) is 48.7 Å². The summed E-state index contributed by atoms with van der Waals surface area (Å²) in [5, 5.41) is 11.9. The molecule has 3 heteroatoms. The molecule has 0 atom stereocenters. The van der Waals surface area contributed by atoms with Crippen LogP contribution in [-0.2, 0) is 0 Å². The minimum Gasteiger partial charge on any atom is -0.365 e. The van der Waals surface area contributed by atoms with Crippen LogP contribution in [0, 0.1) is 11.3 Å². The summed E-state index contributed by atoms with van der Waals surface area (Å²) in [6, 6.07) is 5.63. The highest BCUT2D eigenvalue weighted by atomic mass is 15.0. The number of hydrogen-bond acceptors (Lipinski definition) is 3. The molecule has 0 bridgehead atoms. The fourth-order valence-electron chi connectivity index (χ4n) is 0.969. The largest absolute Gasteiger partial charge is 0.365 e. The molecular weight excluding hydrogens is 174 g/mol. The quantitative estimate of drug-likeness (QED) is 0.794. The minimum atomic E-state index is 0.0428. The van der Waals surface area contributed by atoms with Crippen molar-refractivity contribution in [3.8, 4) is 6.07 Å². The molecule has 0 amide bonds. The standard InChI is InChI=1S/C11H15N3/c1-4-11(2,3)14-10-6-5-9(7-12)8-13-10/h5-6,8H,4H2,1-3H3,(H,13,14). The van der Waals surface area contributed by atoms with Crippen LogP contribution in [0.4, 0.5) is 5.82 Å². The molecule has 0 spiro atoms. The van der Waals surface area contributed by atoms with E-state index in [1.54, 1.807) is 12.3 Å². The van der Waals surface area contributed by atoms with Crippen LogP contribution in [0.5, 0.6) is 0 Å². The highest BCUT2D eigenvalue weighted by molar-refractivity contribution is 5.40. The van der Waals surface area contributed by atoms with Crippen molar-refractivity contribution in [2.75, 3.05) is 5.32 Å². The van der Waals surface area contributed by atoms with Gasteiger partial charge in [-0.15, -0.1) is 0 Å². The van der Waals surface area contributed by atoms with E-state index in [-0.39, 0.29) is 5.54 Å². The normalized spacial score (nSPS) is 10.7. The van der Waals surface area contributed by atoms with Gasteiger partial charge in [-0.3, -0.25) is 0 Å². The number of pyridine rings is 1. The lowest BCUT2D eigenvalue weighted by Crippen LogP contribution is -2.30. The van der Waals surface area contributed by atoms with Crippen LogP contribution in [0.1, 0.15) is 32.8 Å². The molecule has 1 heterocycles. The number of nitriles is 1. The number of nitrogens with one attached hydrogen (secondary N) is 1. The first-order valence-electron chi connectivity index (χ1n) is 4.72. The molecule has 0 aliphatic rings. The average Bonchev–Trinajstić information content (AvgIpc) is 2.19. The first-order valence-corrected chi connectivity index (χ1v) is 4.72. The summed E-state index contributed by atoms with van der Waals surface area (Å²) in [5.41, 5.74) is 0.631. The Hall–Kier alpha value is -1.56. The Morgan fingerprint density at radius 3 is 2.64 bits per heavy atom. The number of rotatable bonds is 3. The monoisotopic (exact) mass is 189 g/mol. The Balaban J connectivity index is 2.75. The fraction of sp³-hybridized carbons (Fsp3) is 0.455. The van der Waals surface area contributed by atoms with Gasteiger partial charge in [0, 0.05) is 11.7 Å². The van der Waals surface area contributed by atoms with Crippen molar-refractivity contribution < 1.29 is 0 Å². The Morgan fingerprint density at radius 2 is 2.21 bits per heavy atom. The summed E-state index contributed by atoms with van der Waals surface area (Å²) in [4.78, 5) is 4.15. The molecule has 1 N–H and O–H groups in total. The number of aromatic nitrogens is 1. The van der Waals surface area contributed by atoms with Gasteiger partial charge in [0.2, 0.25) is 0 Å². The summed E-state index contributed by atoms with van der Waals surface area (Å²) in [6.07, 6.45) is 2.60. The summed E-state index contributed by atoms with van der Waals surface area (Å²) in [7, 11) is 0. The Kier molecular flexibility index (Phi) is 3.08. The molecule has 0 radical (unpaired) electrons. The van der Waals surface area contributed by atoms with Crippen molar-refractivity contribution in [1.29, 1.82) is 5.26 Å². The molecule has 0 aliphatic heterocycles. The predicted molar refractivity (Wildman–Crippen MR) is 56.9 cm³/mol. The zero-order chi connectivity index (χ0) is 10.6. The molecule has 0 fully saturated rings. The van der Waals surface area contributed by atoms with Crippen LogP contribution < -0.4 is 5.32 Å². The van der Waals surface area contributed by atoms with Gasteiger partial charge in [0.1, 0.15) is 11.9 Å². The van der Waals surface area contributed by atoms with E-state index in [0.717, 1.165) is 12.2 Å². The lowest BCUT2D eigenvalue weighted by molar-refractivity contribution is 0.545. The Bertz CT molecular complexity index is 333. The number of hydrogen-bond donors (Lipinski definition) is 1. The molecule has 0 unspecified atom stereocenters. The molecule has 3 nitrogen and oxygen atoms in total. The van der Waals surface area contributed by atoms with Gasteiger partial charge in [0.05, 0.1) is 5.56 Å². The zero-order valence-corrected chi connectivity index (χ0v) is 8.83. The number of nitrogens with zero attached hydrogens (tertiary/aromatic N) is 2. The SMILES string of the molecule is CCC(C)(C)Nc1ccc(C#N)cn1. The molecule has 0 aliphatic carbocycles. The van der Waals surface area contributed by atoms with Gasteiger partial charge in [-0.2, -0.15) is 5.26 Å². The molecule has 1 aromatic rings. The molecule has 74 valence electrons. The fourth-order valence-corrected chi connectivity index (χ4v) is 0.969. The van der Waals surface area contributed by atoms with Gasteiger partial charge < -0.3 is 5.32 Å². The van der Waals surface area contributed by atoms with E-state index in [2.05, 4.69) is 31.1 Å². The van der Waals surface area contributed by atoms with Crippen molar-refractivity contribution in [2.45, 2.75) is 32.7 Å². The summed E-state index contributed by atoms with van der Waals surface area (Å²) in [5.74, 6) is 0.816. The van der Waals surface area contributed by atoms with E-state index in [1.165, 1.54) is 0 Å². The average molecular weight is 189 g/mol. The van der Waals surface area contributed by atoms with Gasteiger partial charge in [0.25, 0.3) is 0 Å². The molecule has 14 heavy (non-hydrogen) atoms. The van der Waals surface area contributed by atoms with Gasteiger partial charge in [0.15, 0.2) is 0 Å². The van der Waals surface area contributed by atoms with E-state index in [0.29, 0.717) is 5.56 Å². The van der Waals surface area contributed by atoms with E-state index < -0.39 is 0 Å². The maximum atomic E-state index is 8.60. The third-order valence-electron chi connectivity index (χ3n) is 2.24. The van der Waals surface area contributed by atoms with Crippen LogP contribution in [0.2, 0.25) is 0 Å². The van der Waals surface area contributed by atoms with Crippen molar-refractivity contribution >= 4 is 5.82 Å². The van der Waals surface area contributed by atoms with Crippen molar-refractivity contribution in [2.24, 2.45) is 0 Å². The van der Waals surface area contributed by atoms with Crippen molar-refractivity contribution in [1.82, 2.24) is 4.98 Å². The van der Waals surface area contributed by atoms with Crippen LogP contribution >= 0.6 is 0 Å². The summed E-state index contributed by atoms with van der Waals surface area (Å²) < 4.78 is 0.